The summed E-state index contributed by atoms with van der Waals surface area (Å²) in [5, 5.41) is 0. The number of Topliss-reactive ketones (excluding diaryl/α,β-unsaturated/α-hetero) is 1. The van der Waals surface area contributed by atoms with Crippen molar-refractivity contribution in [2.45, 2.75) is 57.8 Å². The Balaban J connectivity index is 1.93. The third kappa shape index (κ3) is 2.52. The van der Waals surface area contributed by atoms with Gasteiger partial charge in [-0.1, -0.05) is 56.2 Å². The molecule has 2 aliphatic rings. The highest BCUT2D eigenvalue weighted by molar-refractivity contribution is 7.10. The second kappa shape index (κ2) is 6.53. The number of carbonyl (C=O) groups excluding carboxylic acids is 1. The van der Waals surface area contributed by atoms with Crippen molar-refractivity contribution in [3.63, 3.8) is 0 Å². The molecule has 0 aliphatic heterocycles. The number of rotatable bonds is 4. The highest BCUT2D eigenvalue weighted by Gasteiger charge is 2.48. The topological polar surface area (TPSA) is 30.0 Å². The van der Waals surface area contributed by atoms with Gasteiger partial charge in [0.15, 0.2) is 5.78 Å². The molecule has 1 unspecified atom stereocenters. The second-order valence-corrected chi connectivity index (χ2v) is 8.25. The zero-order chi connectivity index (χ0) is 17.4. The average Bonchev–Trinajstić information content (AvgIpc) is 3.09. The van der Waals surface area contributed by atoms with Crippen LogP contribution < -0.4 is 0 Å². The third-order valence-corrected chi connectivity index (χ3v) is 7.00. The Morgan fingerprint density at radius 3 is 2.72 bits per heavy atom. The van der Waals surface area contributed by atoms with Gasteiger partial charge in [0.2, 0.25) is 0 Å². The lowest BCUT2D eigenvalue weighted by Crippen LogP contribution is -2.40. The molecule has 0 saturated heterocycles. The van der Waals surface area contributed by atoms with Gasteiger partial charge in [-0.2, -0.15) is 0 Å². The fourth-order valence-electron chi connectivity index (χ4n) is 4.99. The van der Waals surface area contributed by atoms with Gasteiger partial charge in [0.25, 0.3) is 0 Å². The van der Waals surface area contributed by atoms with Gasteiger partial charge in [-0.25, -0.2) is 4.98 Å². The molecule has 130 valence electrons. The third-order valence-electron chi connectivity index (χ3n) is 5.97. The molecule has 0 fully saturated rings. The Morgan fingerprint density at radius 2 is 2.00 bits per heavy atom. The molecule has 1 aromatic carbocycles. The molecular weight excluding hydrogens is 326 g/mol. The maximum absolute atomic E-state index is 13.3. The van der Waals surface area contributed by atoms with E-state index in [1.54, 1.807) is 11.3 Å². The van der Waals surface area contributed by atoms with Gasteiger partial charge in [0.05, 0.1) is 16.6 Å². The van der Waals surface area contributed by atoms with Crippen molar-refractivity contribution < 1.29 is 4.79 Å². The summed E-state index contributed by atoms with van der Waals surface area (Å²) in [5.41, 5.74) is 6.57. The van der Waals surface area contributed by atoms with Gasteiger partial charge in [-0.3, -0.25) is 4.79 Å². The van der Waals surface area contributed by atoms with E-state index in [1.807, 2.05) is 5.51 Å². The number of fused-ring (bicyclic) bond motifs is 1. The number of hydrogen-bond acceptors (Lipinski definition) is 3. The number of benzene rings is 1. The second-order valence-electron chi connectivity index (χ2n) is 7.39. The molecule has 0 radical (unpaired) electrons. The molecule has 0 bridgehead atoms. The number of hydrogen-bond donors (Lipinski definition) is 0. The van der Waals surface area contributed by atoms with Gasteiger partial charge in [-0.15, -0.1) is 11.3 Å². The number of carbonyl (C=O) groups is 1. The van der Waals surface area contributed by atoms with E-state index in [0.717, 1.165) is 44.1 Å². The normalized spacial score (nSPS) is 25.7. The van der Waals surface area contributed by atoms with E-state index in [9.17, 15) is 4.79 Å². The summed E-state index contributed by atoms with van der Waals surface area (Å²) in [7, 11) is 0. The van der Waals surface area contributed by atoms with Crippen LogP contribution in [-0.4, -0.2) is 10.8 Å². The largest absolute Gasteiger partial charge is 0.294 e. The van der Waals surface area contributed by atoms with E-state index in [-0.39, 0.29) is 5.41 Å². The first-order valence-corrected chi connectivity index (χ1v) is 10.3. The van der Waals surface area contributed by atoms with Crippen molar-refractivity contribution in [2.24, 2.45) is 5.92 Å². The Morgan fingerprint density at radius 1 is 1.20 bits per heavy atom. The molecule has 0 N–H and O–H groups in total. The predicted octanol–water partition coefficient (Wildman–Crippen LogP) is 5.47. The monoisotopic (exact) mass is 351 g/mol. The molecule has 1 aromatic heterocycles. The van der Waals surface area contributed by atoms with Crippen molar-refractivity contribution in [3.05, 3.63) is 63.1 Å². The van der Waals surface area contributed by atoms with Gasteiger partial charge >= 0.3 is 0 Å². The minimum atomic E-state index is -0.292. The molecule has 4 rings (SSSR count). The number of nitrogens with zero attached hydrogens (tertiary/aromatic N) is 1. The van der Waals surface area contributed by atoms with Crippen molar-refractivity contribution in [1.29, 1.82) is 0 Å². The van der Waals surface area contributed by atoms with Gasteiger partial charge in [-0.05, 0) is 30.7 Å². The summed E-state index contributed by atoms with van der Waals surface area (Å²) >= 11 is 1.72. The smallest absolute Gasteiger partial charge is 0.160 e. The fraction of sp³-hybridized carbons (Fsp3) is 0.455. The molecule has 2 aliphatic carbocycles. The Labute approximate surface area is 154 Å². The highest BCUT2D eigenvalue weighted by atomic mass is 32.1. The zero-order valence-corrected chi connectivity index (χ0v) is 15.9. The Bertz CT molecular complexity index is 820. The molecule has 2 nitrogen and oxygen atoms in total. The molecule has 3 heteroatoms. The van der Waals surface area contributed by atoms with E-state index in [4.69, 9.17) is 0 Å². The number of ketones is 1. The average molecular weight is 352 g/mol. The first kappa shape index (κ1) is 16.7. The van der Waals surface area contributed by atoms with E-state index < -0.39 is 0 Å². The quantitative estimate of drug-likeness (QED) is 0.731. The first-order valence-electron chi connectivity index (χ1n) is 9.44. The summed E-state index contributed by atoms with van der Waals surface area (Å²) in [6.07, 6.45) is 5.87. The van der Waals surface area contributed by atoms with E-state index in [1.165, 1.54) is 21.7 Å². The van der Waals surface area contributed by atoms with E-state index in [0.29, 0.717) is 11.7 Å². The van der Waals surface area contributed by atoms with E-state index >= 15 is 0 Å². The lowest BCUT2D eigenvalue weighted by molar-refractivity contribution is -0.117. The maximum Gasteiger partial charge on any atom is 0.160 e. The number of aromatic nitrogens is 1. The summed E-state index contributed by atoms with van der Waals surface area (Å²) in [5.74, 6) is 0.895. The van der Waals surface area contributed by atoms with Crippen LogP contribution in [-0.2, 0) is 16.6 Å². The predicted molar refractivity (Wildman–Crippen MR) is 103 cm³/mol. The van der Waals surface area contributed by atoms with Crippen LogP contribution in [0.1, 0.15) is 62.1 Å². The van der Waals surface area contributed by atoms with E-state index in [2.05, 4.69) is 49.2 Å². The van der Waals surface area contributed by atoms with Crippen LogP contribution in [0.25, 0.3) is 0 Å². The van der Waals surface area contributed by atoms with Crippen molar-refractivity contribution in [1.82, 2.24) is 4.98 Å². The van der Waals surface area contributed by atoms with Crippen LogP contribution in [0.3, 0.4) is 0 Å². The molecule has 25 heavy (non-hydrogen) atoms. The maximum atomic E-state index is 13.3. The van der Waals surface area contributed by atoms with Crippen LogP contribution in [0, 0.1) is 5.92 Å². The van der Waals surface area contributed by atoms with Crippen molar-refractivity contribution in [2.75, 3.05) is 0 Å². The summed E-state index contributed by atoms with van der Waals surface area (Å²) in [6.45, 7) is 4.44. The molecule has 1 heterocycles. The van der Waals surface area contributed by atoms with Crippen molar-refractivity contribution in [3.8, 4) is 0 Å². The van der Waals surface area contributed by atoms with Crippen LogP contribution in [0.2, 0.25) is 0 Å². The van der Waals surface area contributed by atoms with Crippen molar-refractivity contribution >= 4 is 17.1 Å². The standard InChI is InChI=1S/C22H25NOS/c1-3-8-15-11-16-13-18-21(25-14-23-18)22(4-2,20(16)19(24)12-15)17-9-6-5-7-10-17/h5-7,9-10,14-15H,3-4,8,11-13H2,1-2H3/t15?,22-/m1/s1. The van der Waals surface area contributed by atoms with Crippen LogP contribution >= 0.6 is 11.3 Å². The molecule has 2 aromatic rings. The molecule has 0 spiro atoms. The Kier molecular flexibility index (Phi) is 4.36. The number of allylic oxidation sites excluding steroid dienone is 2. The van der Waals surface area contributed by atoms with Crippen LogP contribution in [0.5, 0.6) is 0 Å². The van der Waals surface area contributed by atoms with Crippen LogP contribution in [0.4, 0.5) is 0 Å². The van der Waals surface area contributed by atoms with Crippen LogP contribution in [0.15, 0.2) is 47.0 Å². The molecule has 0 amide bonds. The van der Waals surface area contributed by atoms with Gasteiger partial charge in [0.1, 0.15) is 0 Å². The first-order chi connectivity index (χ1) is 12.2. The summed E-state index contributed by atoms with van der Waals surface area (Å²) < 4.78 is 0. The minimum Gasteiger partial charge on any atom is -0.294 e. The number of thiazole rings is 1. The zero-order valence-electron chi connectivity index (χ0n) is 15.0. The molecule has 2 atom stereocenters. The molecular formula is C22H25NOS. The lowest BCUT2D eigenvalue weighted by atomic mass is 9.60. The molecule has 0 saturated carbocycles. The SMILES string of the molecule is CCCC1CC(=O)C2=C(Cc3ncsc3[C@]2(CC)c2ccccc2)C1. The summed E-state index contributed by atoms with van der Waals surface area (Å²) in [6, 6.07) is 10.6. The Hall–Kier alpha value is -1.74. The van der Waals surface area contributed by atoms with Gasteiger partial charge in [0, 0.05) is 23.3 Å². The fourth-order valence-corrected chi connectivity index (χ4v) is 6.11. The van der Waals surface area contributed by atoms with Gasteiger partial charge < -0.3 is 0 Å². The highest BCUT2D eigenvalue weighted by Crippen LogP contribution is 2.53. The minimum absolute atomic E-state index is 0.292. The lowest BCUT2D eigenvalue weighted by Gasteiger charge is -2.43. The summed E-state index contributed by atoms with van der Waals surface area (Å²) in [4.78, 5) is 19.3.